The van der Waals surface area contributed by atoms with Crippen molar-refractivity contribution >= 4 is 11.7 Å². The fraction of sp³-hybridized carbons (Fsp3) is 0.364. The Morgan fingerprint density at radius 2 is 2.19 bits per heavy atom. The second-order valence-corrected chi connectivity index (χ2v) is 3.85. The number of benzene rings is 1. The summed E-state index contributed by atoms with van der Waals surface area (Å²) in [5.41, 5.74) is 4.21. The van der Waals surface area contributed by atoms with Crippen LogP contribution < -0.4 is 5.73 Å². The van der Waals surface area contributed by atoms with Gasteiger partial charge in [0.25, 0.3) is 0 Å². The van der Waals surface area contributed by atoms with E-state index in [9.17, 15) is 9.18 Å². The van der Waals surface area contributed by atoms with E-state index in [1.54, 1.807) is 0 Å². The number of nitrogen functional groups attached to an aromatic ring is 1. The fourth-order valence-electron chi connectivity index (χ4n) is 1.56. The smallest absolute Gasteiger partial charge is 0.314 e. The molecule has 0 aliphatic carbocycles. The molecule has 1 unspecified atom stereocenters. The fourth-order valence-corrected chi connectivity index (χ4v) is 1.56. The summed E-state index contributed by atoms with van der Waals surface area (Å²) in [7, 11) is 0. The number of halogens is 1. The highest BCUT2D eigenvalue weighted by Crippen LogP contribution is 2.30. The Labute approximate surface area is 92.5 Å². The van der Waals surface area contributed by atoms with Gasteiger partial charge in [-0.25, -0.2) is 4.39 Å². The van der Waals surface area contributed by atoms with E-state index >= 15 is 0 Å². The zero-order valence-electron chi connectivity index (χ0n) is 8.90. The Morgan fingerprint density at radius 3 is 2.62 bits per heavy atom. The Balaban J connectivity index is 3.26. The third-order valence-electron chi connectivity index (χ3n) is 2.67. The number of hydrogen-bond donors (Lipinski definition) is 3. The van der Waals surface area contributed by atoms with Gasteiger partial charge >= 0.3 is 5.97 Å². The molecule has 0 aromatic heterocycles. The van der Waals surface area contributed by atoms with Crippen LogP contribution in [-0.4, -0.2) is 22.8 Å². The molecule has 4 N–H and O–H groups in total. The molecule has 0 amide bonds. The average molecular weight is 227 g/mol. The van der Waals surface area contributed by atoms with Crippen LogP contribution in [0.2, 0.25) is 0 Å². The quantitative estimate of drug-likeness (QED) is 0.673. The van der Waals surface area contributed by atoms with E-state index in [0.29, 0.717) is 0 Å². The number of aliphatic hydroxyl groups is 1. The van der Waals surface area contributed by atoms with Crippen molar-refractivity contribution in [1.82, 2.24) is 0 Å². The van der Waals surface area contributed by atoms with Gasteiger partial charge in [0.15, 0.2) is 0 Å². The largest absolute Gasteiger partial charge is 0.481 e. The van der Waals surface area contributed by atoms with Gasteiger partial charge in [0.2, 0.25) is 0 Å². The number of nitrogens with two attached hydrogens (primary N) is 1. The van der Waals surface area contributed by atoms with Gasteiger partial charge in [-0.2, -0.15) is 0 Å². The molecule has 0 heterocycles. The van der Waals surface area contributed by atoms with Gasteiger partial charge in [0.05, 0.1) is 5.41 Å². The summed E-state index contributed by atoms with van der Waals surface area (Å²) in [4.78, 5) is 11.1. The number of aliphatic hydroxyl groups excluding tert-OH is 1. The molecule has 5 heteroatoms. The van der Waals surface area contributed by atoms with Crippen LogP contribution in [0.25, 0.3) is 0 Å². The number of anilines is 1. The highest BCUT2D eigenvalue weighted by atomic mass is 19.1. The molecule has 16 heavy (non-hydrogen) atoms. The van der Waals surface area contributed by atoms with Crippen LogP contribution >= 0.6 is 0 Å². The number of rotatable bonds is 4. The first-order valence-electron chi connectivity index (χ1n) is 4.81. The van der Waals surface area contributed by atoms with Crippen molar-refractivity contribution in [2.24, 2.45) is 0 Å². The molecule has 1 aromatic carbocycles. The van der Waals surface area contributed by atoms with E-state index in [0.717, 1.165) is 6.07 Å². The summed E-state index contributed by atoms with van der Waals surface area (Å²) in [6, 6.07) is 3.86. The molecule has 1 atom stereocenters. The van der Waals surface area contributed by atoms with E-state index in [2.05, 4.69) is 0 Å². The van der Waals surface area contributed by atoms with Crippen molar-refractivity contribution in [2.75, 3.05) is 12.3 Å². The third-order valence-corrected chi connectivity index (χ3v) is 2.67. The molecule has 0 radical (unpaired) electrons. The molecule has 0 saturated heterocycles. The molecule has 1 aromatic rings. The lowest BCUT2D eigenvalue weighted by atomic mass is 9.79. The highest BCUT2D eigenvalue weighted by molar-refractivity contribution is 5.81. The second kappa shape index (κ2) is 4.49. The van der Waals surface area contributed by atoms with Gasteiger partial charge < -0.3 is 15.9 Å². The summed E-state index contributed by atoms with van der Waals surface area (Å²) < 4.78 is 13.6. The maximum Gasteiger partial charge on any atom is 0.314 e. The van der Waals surface area contributed by atoms with Crippen LogP contribution in [0.15, 0.2) is 18.2 Å². The second-order valence-electron chi connectivity index (χ2n) is 3.85. The molecule has 0 bridgehead atoms. The lowest BCUT2D eigenvalue weighted by molar-refractivity contribution is -0.144. The first kappa shape index (κ1) is 12.4. The average Bonchev–Trinajstić information content (AvgIpc) is 2.17. The lowest BCUT2D eigenvalue weighted by Gasteiger charge is -2.25. The third kappa shape index (κ3) is 2.14. The van der Waals surface area contributed by atoms with E-state index < -0.39 is 17.2 Å². The molecule has 88 valence electrons. The van der Waals surface area contributed by atoms with Gasteiger partial charge in [0.1, 0.15) is 5.82 Å². The zero-order chi connectivity index (χ0) is 12.3. The number of carboxylic acid groups (broad SMARTS) is 1. The summed E-state index contributed by atoms with van der Waals surface area (Å²) in [6.45, 7) is 1.05. The summed E-state index contributed by atoms with van der Waals surface area (Å²) in [6.07, 6.45) is -0.0524. The zero-order valence-corrected chi connectivity index (χ0v) is 8.90. The molecule has 4 nitrogen and oxygen atoms in total. The van der Waals surface area contributed by atoms with Gasteiger partial charge in [-0.1, -0.05) is 6.07 Å². The molecular formula is C11H14FNO3. The van der Waals surface area contributed by atoms with Gasteiger partial charge in [-0.05, 0) is 25.5 Å². The first-order valence-corrected chi connectivity index (χ1v) is 4.81. The summed E-state index contributed by atoms with van der Waals surface area (Å²) in [5, 5.41) is 17.9. The summed E-state index contributed by atoms with van der Waals surface area (Å²) in [5.74, 6) is -1.84. The van der Waals surface area contributed by atoms with Crippen molar-refractivity contribution in [3.05, 3.63) is 29.6 Å². The van der Waals surface area contributed by atoms with Crippen molar-refractivity contribution in [1.29, 1.82) is 0 Å². The van der Waals surface area contributed by atoms with E-state index in [4.69, 9.17) is 15.9 Å². The Hall–Kier alpha value is -1.62. The van der Waals surface area contributed by atoms with Crippen molar-refractivity contribution in [3.63, 3.8) is 0 Å². The van der Waals surface area contributed by atoms with Crippen LogP contribution in [0, 0.1) is 5.82 Å². The Bertz CT molecular complexity index is 408. The molecule has 1 rings (SSSR count). The van der Waals surface area contributed by atoms with Gasteiger partial charge in [-0.15, -0.1) is 0 Å². The van der Waals surface area contributed by atoms with Crippen LogP contribution in [0.4, 0.5) is 10.1 Å². The van der Waals surface area contributed by atoms with Crippen LogP contribution in [0.1, 0.15) is 18.9 Å². The predicted octanol–water partition coefficient (Wildman–Crippen LogP) is 1.13. The van der Waals surface area contributed by atoms with E-state index in [1.807, 2.05) is 0 Å². The van der Waals surface area contributed by atoms with Crippen LogP contribution in [0.3, 0.4) is 0 Å². The minimum Gasteiger partial charge on any atom is -0.481 e. The molecule has 0 saturated carbocycles. The lowest BCUT2D eigenvalue weighted by Crippen LogP contribution is -2.34. The molecule has 0 aliphatic heterocycles. The normalized spacial score (nSPS) is 14.4. The maximum absolute atomic E-state index is 13.6. The van der Waals surface area contributed by atoms with Crippen molar-refractivity contribution < 1.29 is 19.4 Å². The minimum absolute atomic E-state index is 0.0308. The van der Waals surface area contributed by atoms with Crippen molar-refractivity contribution in [2.45, 2.75) is 18.8 Å². The molecule has 0 spiro atoms. The number of hydrogen-bond acceptors (Lipinski definition) is 3. The van der Waals surface area contributed by atoms with Gasteiger partial charge in [0, 0.05) is 17.9 Å². The molecular weight excluding hydrogens is 213 g/mol. The Kier molecular flexibility index (Phi) is 3.49. The monoisotopic (exact) mass is 227 g/mol. The SMILES string of the molecule is CC(CCO)(C(=O)O)c1ccc(N)cc1F. The number of carbonyl (C=O) groups is 1. The number of aliphatic carboxylic acids is 1. The van der Waals surface area contributed by atoms with Crippen molar-refractivity contribution in [3.8, 4) is 0 Å². The Morgan fingerprint density at radius 1 is 1.56 bits per heavy atom. The standard InChI is InChI=1S/C11H14FNO3/c1-11(4-5-14,10(15)16)8-3-2-7(13)6-9(8)12/h2-3,6,14H,4-5,13H2,1H3,(H,15,16). The van der Waals surface area contributed by atoms with Gasteiger partial charge in [-0.3, -0.25) is 4.79 Å². The first-order chi connectivity index (χ1) is 7.41. The van der Waals surface area contributed by atoms with Crippen LogP contribution in [-0.2, 0) is 10.2 Å². The molecule has 0 fully saturated rings. The minimum atomic E-state index is -1.44. The maximum atomic E-state index is 13.6. The number of carboxylic acids is 1. The predicted molar refractivity (Wildman–Crippen MR) is 57.5 cm³/mol. The van der Waals surface area contributed by atoms with Crippen LogP contribution in [0.5, 0.6) is 0 Å². The molecule has 0 aliphatic rings. The topological polar surface area (TPSA) is 83.5 Å². The van der Waals surface area contributed by atoms with E-state index in [-0.39, 0.29) is 24.3 Å². The van der Waals surface area contributed by atoms with E-state index in [1.165, 1.54) is 19.1 Å². The summed E-state index contributed by atoms with van der Waals surface area (Å²) >= 11 is 0. The highest BCUT2D eigenvalue weighted by Gasteiger charge is 2.36.